The Bertz CT molecular complexity index is 750. The van der Waals surface area contributed by atoms with Gasteiger partial charge in [0.1, 0.15) is 18.2 Å². The maximum absolute atomic E-state index is 13.0. The lowest BCUT2D eigenvalue weighted by Gasteiger charge is -2.11. The minimum Gasteiger partial charge on any atom is -0.488 e. The first-order valence-electron chi connectivity index (χ1n) is 6.38. The highest BCUT2D eigenvalue weighted by Gasteiger charge is 2.04. The first-order chi connectivity index (χ1) is 9.74. The van der Waals surface area contributed by atoms with E-state index in [1.165, 1.54) is 12.1 Å². The molecule has 0 fully saturated rings. The van der Waals surface area contributed by atoms with Crippen LogP contribution in [0.2, 0.25) is 0 Å². The number of benzene rings is 3. The number of hydrogen-bond donors (Lipinski definition) is 1. The smallest absolute Gasteiger partial charge is 0.127 e. The van der Waals surface area contributed by atoms with Crippen LogP contribution in [0.3, 0.4) is 0 Å². The number of fused-ring (bicyclic) bond motifs is 1. The molecule has 0 aliphatic heterocycles. The van der Waals surface area contributed by atoms with Crippen LogP contribution in [0, 0.1) is 5.82 Å². The van der Waals surface area contributed by atoms with Gasteiger partial charge in [-0.05, 0) is 23.6 Å². The second kappa shape index (κ2) is 5.21. The van der Waals surface area contributed by atoms with Gasteiger partial charge < -0.3 is 10.5 Å². The van der Waals surface area contributed by atoms with E-state index < -0.39 is 0 Å². The summed E-state index contributed by atoms with van der Waals surface area (Å²) >= 11 is 0. The molecule has 0 unspecified atom stereocenters. The molecule has 3 heteroatoms. The zero-order chi connectivity index (χ0) is 13.9. The van der Waals surface area contributed by atoms with Crippen LogP contribution in [-0.4, -0.2) is 0 Å². The van der Waals surface area contributed by atoms with Gasteiger partial charge in [0.05, 0.1) is 0 Å². The van der Waals surface area contributed by atoms with Gasteiger partial charge >= 0.3 is 0 Å². The topological polar surface area (TPSA) is 35.2 Å². The number of nitrogen functional groups attached to an aromatic ring is 1. The highest BCUT2D eigenvalue weighted by atomic mass is 19.1. The van der Waals surface area contributed by atoms with Gasteiger partial charge in [-0.1, -0.05) is 42.5 Å². The SMILES string of the molecule is Nc1cc(F)ccc1COc1cccc2ccccc12. The molecule has 0 saturated carbocycles. The molecule has 0 aliphatic carbocycles. The molecule has 2 nitrogen and oxygen atoms in total. The fourth-order valence-electron chi connectivity index (χ4n) is 2.17. The van der Waals surface area contributed by atoms with Crippen molar-refractivity contribution in [2.45, 2.75) is 6.61 Å². The normalized spacial score (nSPS) is 10.7. The van der Waals surface area contributed by atoms with E-state index >= 15 is 0 Å². The molecule has 3 aromatic carbocycles. The lowest BCUT2D eigenvalue weighted by atomic mass is 10.1. The molecule has 3 aromatic rings. The summed E-state index contributed by atoms with van der Waals surface area (Å²) in [7, 11) is 0. The molecule has 20 heavy (non-hydrogen) atoms. The molecular weight excluding hydrogens is 253 g/mol. The van der Waals surface area contributed by atoms with E-state index in [-0.39, 0.29) is 5.82 Å². The predicted octanol–water partition coefficient (Wildman–Crippen LogP) is 4.14. The molecule has 0 amide bonds. The molecule has 3 rings (SSSR count). The van der Waals surface area contributed by atoms with Gasteiger partial charge in [-0.15, -0.1) is 0 Å². The number of nitrogens with two attached hydrogens (primary N) is 1. The van der Waals surface area contributed by atoms with Crippen molar-refractivity contribution in [3.05, 3.63) is 72.0 Å². The van der Waals surface area contributed by atoms with Crippen molar-refractivity contribution in [2.75, 3.05) is 5.73 Å². The average molecular weight is 267 g/mol. The van der Waals surface area contributed by atoms with Crippen molar-refractivity contribution in [3.8, 4) is 5.75 Å². The van der Waals surface area contributed by atoms with Crippen molar-refractivity contribution in [2.24, 2.45) is 0 Å². The first kappa shape index (κ1) is 12.5. The number of rotatable bonds is 3. The number of ether oxygens (including phenoxy) is 1. The van der Waals surface area contributed by atoms with Gasteiger partial charge in [0.2, 0.25) is 0 Å². The van der Waals surface area contributed by atoms with E-state index in [4.69, 9.17) is 10.5 Å². The molecule has 0 aromatic heterocycles. The fourth-order valence-corrected chi connectivity index (χ4v) is 2.17. The predicted molar refractivity (Wildman–Crippen MR) is 79.1 cm³/mol. The third-order valence-corrected chi connectivity index (χ3v) is 3.24. The minimum absolute atomic E-state index is 0.320. The molecule has 0 spiro atoms. The van der Waals surface area contributed by atoms with Crippen LogP contribution in [0.1, 0.15) is 5.56 Å². The van der Waals surface area contributed by atoms with Gasteiger partial charge in [0, 0.05) is 16.6 Å². The Morgan fingerprint density at radius 1 is 0.950 bits per heavy atom. The van der Waals surface area contributed by atoms with Gasteiger partial charge in [0.25, 0.3) is 0 Å². The molecule has 100 valence electrons. The Labute approximate surface area is 116 Å². The standard InChI is InChI=1S/C17H14FNO/c18-14-9-8-13(16(19)10-14)11-20-17-7-3-5-12-4-1-2-6-15(12)17/h1-10H,11,19H2. The highest BCUT2D eigenvalue weighted by Crippen LogP contribution is 2.26. The lowest BCUT2D eigenvalue weighted by Crippen LogP contribution is -2.01. The quantitative estimate of drug-likeness (QED) is 0.724. The fraction of sp³-hybridized carbons (Fsp3) is 0.0588. The van der Waals surface area contributed by atoms with E-state index in [2.05, 4.69) is 0 Å². The number of hydrogen-bond acceptors (Lipinski definition) is 2. The number of anilines is 1. The Morgan fingerprint density at radius 3 is 2.60 bits per heavy atom. The van der Waals surface area contributed by atoms with Crippen molar-refractivity contribution in [1.29, 1.82) is 0 Å². The minimum atomic E-state index is -0.337. The second-order valence-electron chi connectivity index (χ2n) is 4.61. The van der Waals surface area contributed by atoms with E-state index in [0.717, 1.165) is 22.1 Å². The largest absolute Gasteiger partial charge is 0.488 e. The molecule has 0 radical (unpaired) electrons. The van der Waals surface area contributed by atoms with Crippen molar-refractivity contribution >= 4 is 16.5 Å². The third kappa shape index (κ3) is 2.43. The van der Waals surface area contributed by atoms with E-state index in [0.29, 0.717) is 12.3 Å². The molecular formula is C17H14FNO. The zero-order valence-corrected chi connectivity index (χ0v) is 10.8. The lowest BCUT2D eigenvalue weighted by molar-refractivity contribution is 0.310. The summed E-state index contributed by atoms with van der Waals surface area (Å²) in [5.74, 6) is 0.461. The van der Waals surface area contributed by atoms with Gasteiger partial charge in [0.15, 0.2) is 0 Å². The Balaban J connectivity index is 1.87. The van der Waals surface area contributed by atoms with Crippen LogP contribution in [0.25, 0.3) is 10.8 Å². The third-order valence-electron chi connectivity index (χ3n) is 3.24. The summed E-state index contributed by atoms with van der Waals surface area (Å²) in [6, 6.07) is 18.3. The summed E-state index contributed by atoms with van der Waals surface area (Å²) in [6.45, 7) is 0.320. The van der Waals surface area contributed by atoms with E-state index in [9.17, 15) is 4.39 Å². The Hall–Kier alpha value is -2.55. The monoisotopic (exact) mass is 267 g/mol. The van der Waals surface area contributed by atoms with Crippen molar-refractivity contribution in [3.63, 3.8) is 0 Å². The van der Waals surface area contributed by atoms with Crippen LogP contribution in [0.4, 0.5) is 10.1 Å². The Kier molecular flexibility index (Phi) is 3.25. The van der Waals surface area contributed by atoms with Crippen LogP contribution < -0.4 is 10.5 Å². The summed E-state index contributed by atoms with van der Waals surface area (Å²) in [4.78, 5) is 0. The van der Waals surface area contributed by atoms with Gasteiger partial charge in [-0.25, -0.2) is 4.39 Å². The highest BCUT2D eigenvalue weighted by molar-refractivity contribution is 5.88. The maximum atomic E-state index is 13.0. The van der Waals surface area contributed by atoms with Crippen LogP contribution in [-0.2, 0) is 6.61 Å². The molecule has 0 heterocycles. The number of halogens is 1. The maximum Gasteiger partial charge on any atom is 0.127 e. The first-order valence-corrected chi connectivity index (χ1v) is 6.38. The molecule has 0 saturated heterocycles. The molecule has 0 bridgehead atoms. The van der Waals surface area contributed by atoms with Crippen LogP contribution in [0.15, 0.2) is 60.7 Å². The summed E-state index contributed by atoms with van der Waals surface area (Å²) < 4.78 is 18.8. The molecule has 2 N–H and O–H groups in total. The van der Waals surface area contributed by atoms with Crippen LogP contribution in [0.5, 0.6) is 5.75 Å². The van der Waals surface area contributed by atoms with Crippen molar-refractivity contribution in [1.82, 2.24) is 0 Å². The molecule has 0 aliphatic rings. The summed E-state index contributed by atoms with van der Waals surface area (Å²) in [6.07, 6.45) is 0. The second-order valence-corrected chi connectivity index (χ2v) is 4.61. The molecule has 0 atom stereocenters. The van der Waals surface area contributed by atoms with E-state index in [1.807, 2.05) is 42.5 Å². The van der Waals surface area contributed by atoms with Crippen molar-refractivity contribution < 1.29 is 9.13 Å². The zero-order valence-electron chi connectivity index (χ0n) is 10.8. The van der Waals surface area contributed by atoms with E-state index in [1.54, 1.807) is 6.07 Å². The summed E-state index contributed by atoms with van der Waals surface area (Å²) in [5, 5.41) is 2.17. The van der Waals surface area contributed by atoms with Gasteiger partial charge in [-0.3, -0.25) is 0 Å². The summed E-state index contributed by atoms with van der Waals surface area (Å²) in [5.41, 5.74) is 6.96. The Morgan fingerprint density at radius 2 is 1.75 bits per heavy atom. The average Bonchev–Trinajstić information content (AvgIpc) is 2.46. The van der Waals surface area contributed by atoms with Gasteiger partial charge in [-0.2, -0.15) is 0 Å². The van der Waals surface area contributed by atoms with Crippen LogP contribution >= 0.6 is 0 Å².